The van der Waals surface area contributed by atoms with Gasteiger partial charge in [-0.05, 0) is 37.6 Å². The summed E-state index contributed by atoms with van der Waals surface area (Å²) in [5.74, 6) is -0.456. The van der Waals surface area contributed by atoms with E-state index < -0.39 is 5.97 Å². The van der Waals surface area contributed by atoms with Gasteiger partial charge in [0.25, 0.3) is 0 Å². The van der Waals surface area contributed by atoms with E-state index in [0.29, 0.717) is 5.56 Å². The standard InChI is InChI=1S/C19H17NO3S2/c1-12-7-8-13(2)14(9-12)16(21)10-23-18(22)11-24-19-20-15-5-3-4-6-17(15)25-19/h3-9H,10-11H2,1-2H3. The first-order valence-electron chi connectivity index (χ1n) is 7.77. The molecule has 0 saturated heterocycles. The smallest absolute Gasteiger partial charge is 0.316 e. The van der Waals surface area contributed by atoms with Crippen LogP contribution in [-0.2, 0) is 9.53 Å². The number of hydrogen-bond donors (Lipinski definition) is 0. The Bertz CT molecular complexity index is 900. The fourth-order valence-corrected chi connectivity index (χ4v) is 4.20. The topological polar surface area (TPSA) is 56.3 Å². The lowest BCUT2D eigenvalue weighted by Gasteiger charge is -2.07. The summed E-state index contributed by atoms with van der Waals surface area (Å²) in [4.78, 5) is 28.6. The van der Waals surface area contributed by atoms with Crippen LogP contribution in [-0.4, -0.2) is 29.1 Å². The predicted octanol–water partition coefficient (Wildman–Crippen LogP) is 4.43. The second kappa shape index (κ2) is 7.80. The van der Waals surface area contributed by atoms with Crippen molar-refractivity contribution in [1.29, 1.82) is 0 Å². The van der Waals surface area contributed by atoms with Gasteiger partial charge in [0, 0.05) is 5.56 Å². The Kier molecular flexibility index (Phi) is 5.50. The lowest BCUT2D eigenvalue weighted by atomic mass is 10.0. The van der Waals surface area contributed by atoms with Gasteiger partial charge < -0.3 is 4.74 Å². The molecular formula is C19H17NO3S2. The minimum Gasteiger partial charge on any atom is -0.457 e. The van der Waals surface area contributed by atoms with Crippen molar-refractivity contribution in [1.82, 2.24) is 4.98 Å². The predicted molar refractivity (Wildman–Crippen MR) is 102 cm³/mol. The van der Waals surface area contributed by atoms with Crippen LogP contribution in [0.15, 0.2) is 46.8 Å². The van der Waals surface area contributed by atoms with Crippen LogP contribution < -0.4 is 0 Å². The summed E-state index contributed by atoms with van der Waals surface area (Å²) in [7, 11) is 0. The Labute approximate surface area is 154 Å². The molecule has 0 bridgehead atoms. The molecule has 2 aromatic carbocycles. The third-order valence-corrected chi connectivity index (χ3v) is 5.80. The lowest BCUT2D eigenvalue weighted by molar-refractivity contribution is -0.139. The fourth-order valence-electron chi connectivity index (χ4n) is 2.34. The molecule has 0 aliphatic heterocycles. The number of aromatic nitrogens is 1. The summed E-state index contributed by atoms with van der Waals surface area (Å²) in [6.45, 7) is 3.57. The maximum Gasteiger partial charge on any atom is 0.316 e. The van der Waals surface area contributed by atoms with Crippen LogP contribution in [0, 0.1) is 13.8 Å². The number of ketones is 1. The molecule has 4 nitrogen and oxygen atoms in total. The Balaban J connectivity index is 1.52. The average Bonchev–Trinajstić information content (AvgIpc) is 3.03. The van der Waals surface area contributed by atoms with Gasteiger partial charge in [-0.15, -0.1) is 11.3 Å². The molecule has 0 aliphatic carbocycles. The quantitative estimate of drug-likeness (QED) is 0.364. The van der Waals surface area contributed by atoms with E-state index in [4.69, 9.17) is 4.74 Å². The molecule has 0 unspecified atom stereocenters. The molecule has 6 heteroatoms. The van der Waals surface area contributed by atoms with E-state index in [0.717, 1.165) is 25.7 Å². The minimum atomic E-state index is -0.414. The highest BCUT2D eigenvalue weighted by Crippen LogP contribution is 2.29. The first kappa shape index (κ1) is 17.6. The Morgan fingerprint density at radius 3 is 2.76 bits per heavy atom. The van der Waals surface area contributed by atoms with Crippen molar-refractivity contribution < 1.29 is 14.3 Å². The second-order valence-corrected chi connectivity index (χ2v) is 7.89. The largest absolute Gasteiger partial charge is 0.457 e. The number of hydrogen-bond acceptors (Lipinski definition) is 6. The van der Waals surface area contributed by atoms with Gasteiger partial charge in [0.2, 0.25) is 5.78 Å². The molecule has 3 aromatic rings. The van der Waals surface area contributed by atoms with E-state index in [1.54, 1.807) is 11.3 Å². The van der Waals surface area contributed by atoms with E-state index >= 15 is 0 Å². The number of Topliss-reactive ketones (excluding diaryl/α,β-unsaturated/α-hetero) is 1. The molecule has 0 radical (unpaired) electrons. The molecule has 25 heavy (non-hydrogen) atoms. The molecule has 0 saturated carbocycles. The van der Waals surface area contributed by atoms with Gasteiger partial charge in [-0.3, -0.25) is 9.59 Å². The number of rotatable bonds is 6. The molecule has 0 aliphatic rings. The van der Waals surface area contributed by atoms with Gasteiger partial charge in [-0.25, -0.2) is 4.98 Å². The summed E-state index contributed by atoms with van der Waals surface area (Å²) in [5, 5.41) is 0. The number of carbonyl (C=O) groups is 2. The number of benzene rings is 2. The van der Waals surface area contributed by atoms with Gasteiger partial charge >= 0.3 is 5.97 Å². The Hall–Kier alpha value is -2.18. The number of carbonyl (C=O) groups excluding carboxylic acids is 2. The highest BCUT2D eigenvalue weighted by Gasteiger charge is 2.13. The van der Waals surface area contributed by atoms with Gasteiger partial charge in [0.1, 0.15) is 0 Å². The summed E-state index contributed by atoms with van der Waals surface area (Å²) >= 11 is 2.87. The third kappa shape index (κ3) is 4.46. The van der Waals surface area contributed by atoms with Crippen molar-refractivity contribution in [2.45, 2.75) is 18.2 Å². The number of esters is 1. The van der Waals surface area contributed by atoms with Crippen molar-refractivity contribution in [3.05, 3.63) is 59.2 Å². The van der Waals surface area contributed by atoms with Crippen LogP contribution in [0.4, 0.5) is 0 Å². The number of ether oxygens (including phenoxy) is 1. The molecule has 0 N–H and O–H groups in total. The van der Waals surface area contributed by atoms with Crippen LogP contribution >= 0.6 is 23.1 Å². The normalized spacial score (nSPS) is 10.8. The van der Waals surface area contributed by atoms with E-state index in [9.17, 15) is 9.59 Å². The van der Waals surface area contributed by atoms with Crippen molar-refractivity contribution in [2.24, 2.45) is 0 Å². The molecule has 3 rings (SSSR count). The van der Waals surface area contributed by atoms with Gasteiger partial charge in [-0.1, -0.05) is 41.6 Å². The van der Waals surface area contributed by atoms with E-state index in [2.05, 4.69) is 4.98 Å². The molecule has 128 valence electrons. The summed E-state index contributed by atoms with van der Waals surface area (Å²) in [5.41, 5.74) is 3.42. The highest BCUT2D eigenvalue weighted by molar-refractivity contribution is 8.01. The number of thioether (sulfide) groups is 1. The summed E-state index contributed by atoms with van der Waals surface area (Å²) in [6, 6.07) is 13.5. The Morgan fingerprint density at radius 2 is 1.96 bits per heavy atom. The van der Waals surface area contributed by atoms with Crippen LogP contribution in [0.1, 0.15) is 21.5 Å². The van der Waals surface area contributed by atoms with Crippen LogP contribution in [0.2, 0.25) is 0 Å². The molecule has 1 heterocycles. The van der Waals surface area contributed by atoms with E-state index in [1.165, 1.54) is 11.8 Å². The van der Waals surface area contributed by atoms with Crippen molar-refractivity contribution in [3.63, 3.8) is 0 Å². The number of aryl methyl sites for hydroxylation is 2. The van der Waals surface area contributed by atoms with Crippen LogP contribution in [0.3, 0.4) is 0 Å². The number of para-hydroxylation sites is 1. The van der Waals surface area contributed by atoms with Crippen LogP contribution in [0.25, 0.3) is 10.2 Å². The number of nitrogens with zero attached hydrogens (tertiary/aromatic N) is 1. The van der Waals surface area contributed by atoms with Crippen molar-refractivity contribution in [3.8, 4) is 0 Å². The highest BCUT2D eigenvalue weighted by atomic mass is 32.2. The SMILES string of the molecule is Cc1ccc(C)c(C(=O)COC(=O)CSc2nc3ccccc3s2)c1. The average molecular weight is 371 g/mol. The fraction of sp³-hybridized carbons (Fsp3) is 0.211. The molecule has 0 fully saturated rings. The molecule has 1 aromatic heterocycles. The molecule has 0 spiro atoms. The van der Waals surface area contributed by atoms with Crippen LogP contribution in [0.5, 0.6) is 0 Å². The lowest BCUT2D eigenvalue weighted by Crippen LogP contribution is -2.16. The zero-order chi connectivity index (χ0) is 17.8. The maximum absolute atomic E-state index is 12.2. The zero-order valence-corrected chi connectivity index (χ0v) is 15.6. The monoisotopic (exact) mass is 371 g/mol. The molecular weight excluding hydrogens is 354 g/mol. The van der Waals surface area contributed by atoms with Gasteiger partial charge in [-0.2, -0.15) is 0 Å². The first-order chi connectivity index (χ1) is 12.0. The van der Waals surface area contributed by atoms with E-state index in [1.807, 2.05) is 56.3 Å². The number of fused-ring (bicyclic) bond motifs is 1. The van der Waals surface area contributed by atoms with Gasteiger partial charge in [0.05, 0.1) is 16.0 Å². The zero-order valence-electron chi connectivity index (χ0n) is 13.9. The molecule has 0 amide bonds. The summed E-state index contributed by atoms with van der Waals surface area (Å²) < 4.78 is 7.02. The maximum atomic E-state index is 12.2. The van der Waals surface area contributed by atoms with Crippen molar-refractivity contribution in [2.75, 3.05) is 12.4 Å². The van der Waals surface area contributed by atoms with Gasteiger partial charge in [0.15, 0.2) is 10.9 Å². The van der Waals surface area contributed by atoms with Crippen molar-refractivity contribution >= 4 is 45.1 Å². The third-order valence-electron chi connectivity index (χ3n) is 3.65. The second-order valence-electron chi connectivity index (χ2n) is 5.64. The van der Waals surface area contributed by atoms with E-state index in [-0.39, 0.29) is 18.1 Å². The minimum absolute atomic E-state index is 0.139. The summed E-state index contributed by atoms with van der Waals surface area (Å²) in [6.07, 6.45) is 0. The molecule has 0 atom stereocenters. The number of thiazole rings is 1. The first-order valence-corrected chi connectivity index (χ1v) is 9.57. The Morgan fingerprint density at radius 1 is 1.16 bits per heavy atom.